The Kier molecular flexibility index (Phi) is 10.7. The number of methoxy groups -OCH3 is 1. The molecule has 0 bridgehead atoms. The van der Waals surface area contributed by atoms with Crippen LogP contribution in [0, 0.1) is 0 Å². The highest BCUT2D eigenvalue weighted by Crippen LogP contribution is 2.28. The van der Waals surface area contributed by atoms with E-state index in [9.17, 15) is 18.0 Å². The maximum Gasteiger partial charge on any atom is 0.264 e. The lowest BCUT2D eigenvalue weighted by Gasteiger charge is -2.32. The maximum absolute atomic E-state index is 13.9. The number of nitrogens with one attached hydrogen (secondary N) is 1. The molecule has 0 radical (unpaired) electrons. The summed E-state index contributed by atoms with van der Waals surface area (Å²) in [5, 5.41) is 3.83. The number of hydrogen-bond donors (Lipinski definition) is 1. The molecule has 1 N–H and O–H groups in total. The number of anilines is 1. The molecular weight excluding hydrogens is 597 g/mol. The zero-order chi connectivity index (χ0) is 29.6. The quantitative estimate of drug-likeness (QED) is 0.291. The summed E-state index contributed by atoms with van der Waals surface area (Å²) in [7, 11) is -2.75. The van der Waals surface area contributed by atoms with Crippen molar-refractivity contribution in [3.8, 4) is 5.75 Å². The number of nitrogens with zero attached hydrogens (tertiary/aromatic N) is 2. The Labute approximate surface area is 249 Å². The fourth-order valence-electron chi connectivity index (χ4n) is 3.83. The zero-order valence-electron chi connectivity index (χ0n) is 22.4. The van der Waals surface area contributed by atoms with Gasteiger partial charge in [0.05, 0.1) is 27.7 Å². The van der Waals surface area contributed by atoms with Crippen molar-refractivity contribution in [2.45, 2.75) is 44.3 Å². The lowest BCUT2D eigenvalue weighted by molar-refractivity contribution is -0.139. The number of carbonyl (C=O) groups is 2. The minimum absolute atomic E-state index is 0.0144. The summed E-state index contributed by atoms with van der Waals surface area (Å²) < 4.78 is 33.8. The normalized spacial score (nSPS) is 12.1. The van der Waals surface area contributed by atoms with Gasteiger partial charge < -0.3 is 15.0 Å². The van der Waals surface area contributed by atoms with Crippen LogP contribution in [0.3, 0.4) is 0 Å². The Hall–Kier alpha value is -2.98. The Morgan fingerprint density at radius 3 is 2.08 bits per heavy atom. The van der Waals surface area contributed by atoms with Gasteiger partial charge >= 0.3 is 0 Å². The molecule has 0 unspecified atom stereocenters. The average molecular weight is 627 g/mol. The van der Waals surface area contributed by atoms with Gasteiger partial charge in [0.1, 0.15) is 18.3 Å². The number of hydrogen-bond acceptors (Lipinski definition) is 5. The van der Waals surface area contributed by atoms with E-state index in [1.54, 1.807) is 39.0 Å². The standard InChI is InChI=1S/C28H30Cl3N3O5S/c1-18(2)32-28(36)19(3)33(16-20-5-14-25(30)26(31)15-20)27(35)17-34(22-8-6-21(29)7-9-22)40(37,38)24-12-10-23(39-4)11-13-24/h5-15,18-19H,16-17H2,1-4H3,(H,32,36)/t19-/m1/s1. The summed E-state index contributed by atoms with van der Waals surface area (Å²) in [5.41, 5.74) is 0.838. The summed E-state index contributed by atoms with van der Waals surface area (Å²) in [5.74, 6) is -0.519. The van der Waals surface area contributed by atoms with E-state index in [2.05, 4.69) is 5.32 Å². The predicted octanol–water partition coefficient (Wildman–Crippen LogP) is 5.79. The van der Waals surface area contributed by atoms with Crippen LogP contribution in [-0.2, 0) is 26.2 Å². The van der Waals surface area contributed by atoms with Crippen LogP contribution in [0.4, 0.5) is 5.69 Å². The number of benzene rings is 3. The largest absolute Gasteiger partial charge is 0.497 e. The first-order valence-corrected chi connectivity index (χ1v) is 14.9. The second-order valence-electron chi connectivity index (χ2n) is 9.27. The van der Waals surface area contributed by atoms with Crippen molar-refractivity contribution in [2.75, 3.05) is 18.0 Å². The van der Waals surface area contributed by atoms with Crippen LogP contribution < -0.4 is 14.4 Å². The highest BCUT2D eigenvalue weighted by molar-refractivity contribution is 7.92. The van der Waals surface area contributed by atoms with Crippen molar-refractivity contribution in [2.24, 2.45) is 0 Å². The summed E-state index contributed by atoms with van der Waals surface area (Å²) in [6, 6.07) is 15.7. The highest BCUT2D eigenvalue weighted by atomic mass is 35.5. The second-order valence-corrected chi connectivity index (χ2v) is 12.4. The van der Waals surface area contributed by atoms with Gasteiger partial charge in [-0.15, -0.1) is 0 Å². The molecule has 0 heterocycles. The van der Waals surface area contributed by atoms with Crippen LogP contribution in [0.5, 0.6) is 5.75 Å². The van der Waals surface area contributed by atoms with Crippen LogP contribution in [0.1, 0.15) is 26.3 Å². The number of amides is 2. The predicted molar refractivity (Wildman–Crippen MR) is 159 cm³/mol. The summed E-state index contributed by atoms with van der Waals surface area (Å²) in [6.45, 7) is 4.59. The van der Waals surface area contributed by atoms with Crippen LogP contribution in [0.2, 0.25) is 15.1 Å². The molecule has 3 aromatic rings. The molecule has 0 aliphatic heterocycles. The van der Waals surface area contributed by atoms with Crippen molar-refractivity contribution >= 4 is 62.3 Å². The first kappa shape index (κ1) is 31.5. The lowest BCUT2D eigenvalue weighted by Crippen LogP contribution is -2.52. The molecule has 0 fully saturated rings. The monoisotopic (exact) mass is 625 g/mol. The first-order valence-electron chi connectivity index (χ1n) is 12.3. The van der Waals surface area contributed by atoms with Crippen molar-refractivity contribution < 1.29 is 22.7 Å². The fourth-order valence-corrected chi connectivity index (χ4v) is 5.69. The highest BCUT2D eigenvalue weighted by Gasteiger charge is 2.32. The SMILES string of the molecule is COc1ccc(S(=O)(=O)N(CC(=O)N(Cc2ccc(Cl)c(Cl)c2)[C@H](C)C(=O)NC(C)C)c2ccc(Cl)cc2)cc1. The lowest BCUT2D eigenvalue weighted by atomic mass is 10.1. The van der Waals surface area contributed by atoms with Crippen LogP contribution >= 0.6 is 34.8 Å². The minimum Gasteiger partial charge on any atom is -0.497 e. The minimum atomic E-state index is -4.22. The van der Waals surface area contributed by atoms with Gasteiger partial charge in [0, 0.05) is 17.6 Å². The number of rotatable bonds is 11. The van der Waals surface area contributed by atoms with E-state index in [0.717, 1.165) is 4.31 Å². The van der Waals surface area contributed by atoms with E-state index >= 15 is 0 Å². The number of halogens is 3. The molecule has 0 aliphatic rings. The molecule has 214 valence electrons. The third kappa shape index (κ3) is 7.81. The van der Waals surface area contributed by atoms with E-state index in [1.165, 1.54) is 60.5 Å². The Morgan fingerprint density at radius 1 is 0.900 bits per heavy atom. The van der Waals surface area contributed by atoms with Gasteiger partial charge in [0.15, 0.2) is 0 Å². The van der Waals surface area contributed by atoms with E-state index in [4.69, 9.17) is 39.5 Å². The molecule has 0 saturated carbocycles. The van der Waals surface area contributed by atoms with Gasteiger partial charge in [0.25, 0.3) is 10.0 Å². The molecule has 3 aromatic carbocycles. The molecule has 8 nitrogen and oxygen atoms in total. The molecule has 0 aromatic heterocycles. The average Bonchev–Trinajstić information content (AvgIpc) is 2.92. The summed E-state index contributed by atoms with van der Waals surface area (Å²) in [6.07, 6.45) is 0. The molecule has 2 amide bonds. The number of sulfonamides is 1. The van der Waals surface area contributed by atoms with E-state index in [1.807, 2.05) is 0 Å². The van der Waals surface area contributed by atoms with E-state index in [0.29, 0.717) is 21.4 Å². The summed E-state index contributed by atoms with van der Waals surface area (Å²) >= 11 is 18.3. The molecule has 1 atom stereocenters. The molecule has 3 rings (SSSR count). The van der Waals surface area contributed by atoms with Crippen molar-refractivity contribution in [1.82, 2.24) is 10.2 Å². The smallest absolute Gasteiger partial charge is 0.264 e. The van der Waals surface area contributed by atoms with E-state index < -0.39 is 28.5 Å². The van der Waals surface area contributed by atoms with E-state index in [-0.39, 0.29) is 34.1 Å². The van der Waals surface area contributed by atoms with Gasteiger partial charge in [-0.05, 0) is 87.0 Å². The van der Waals surface area contributed by atoms with Gasteiger partial charge in [0.2, 0.25) is 11.8 Å². The van der Waals surface area contributed by atoms with Crippen LogP contribution in [0.15, 0.2) is 71.6 Å². The van der Waals surface area contributed by atoms with Crippen molar-refractivity contribution in [3.05, 3.63) is 87.4 Å². The van der Waals surface area contributed by atoms with Gasteiger partial charge in [-0.1, -0.05) is 40.9 Å². The van der Waals surface area contributed by atoms with Gasteiger partial charge in [-0.2, -0.15) is 0 Å². The zero-order valence-corrected chi connectivity index (χ0v) is 25.5. The molecule has 12 heteroatoms. The summed E-state index contributed by atoms with van der Waals surface area (Å²) in [4.78, 5) is 28.1. The second kappa shape index (κ2) is 13.6. The first-order chi connectivity index (χ1) is 18.8. The fraction of sp³-hybridized carbons (Fsp3) is 0.286. The van der Waals surface area contributed by atoms with Gasteiger partial charge in [-0.3, -0.25) is 13.9 Å². The molecule has 0 spiro atoms. The molecular formula is C28H30Cl3N3O5S. The molecule has 0 saturated heterocycles. The third-order valence-electron chi connectivity index (χ3n) is 5.98. The Morgan fingerprint density at radius 2 is 1.52 bits per heavy atom. The number of carbonyl (C=O) groups excluding carboxylic acids is 2. The van der Waals surface area contributed by atoms with Crippen molar-refractivity contribution in [3.63, 3.8) is 0 Å². The Balaban J connectivity index is 2.04. The topological polar surface area (TPSA) is 96.0 Å². The Bertz CT molecular complexity index is 1450. The molecule has 0 aliphatic carbocycles. The van der Waals surface area contributed by atoms with Crippen molar-refractivity contribution in [1.29, 1.82) is 0 Å². The van der Waals surface area contributed by atoms with Gasteiger partial charge in [-0.25, -0.2) is 8.42 Å². The van der Waals surface area contributed by atoms with Crippen LogP contribution in [-0.4, -0.2) is 50.9 Å². The third-order valence-corrected chi connectivity index (χ3v) is 8.76. The maximum atomic E-state index is 13.9. The number of ether oxygens (including phenoxy) is 1. The molecule has 40 heavy (non-hydrogen) atoms. The van der Waals surface area contributed by atoms with Crippen LogP contribution in [0.25, 0.3) is 0 Å².